The maximum atomic E-state index is 11.7. The molecule has 0 amide bonds. The fraction of sp³-hybridized carbons (Fsp3) is 0.0870. The molecule has 0 spiro atoms. The Morgan fingerprint density at radius 3 is 2.53 bits per heavy atom. The summed E-state index contributed by atoms with van der Waals surface area (Å²) in [6.45, 7) is -0.359. The largest absolute Gasteiger partial charge is 0.488 e. The van der Waals surface area contributed by atoms with Crippen molar-refractivity contribution in [1.29, 1.82) is 5.26 Å². The first-order valence-electron chi connectivity index (χ1n) is 9.82. The molecule has 158 valence electrons. The van der Waals surface area contributed by atoms with Crippen LogP contribution in [0, 0.1) is 20.8 Å². The summed E-state index contributed by atoms with van der Waals surface area (Å²) in [6.07, 6.45) is 0. The van der Waals surface area contributed by atoms with E-state index in [9.17, 15) is 20.2 Å². The molecule has 3 aromatic carbocycles. The van der Waals surface area contributed by atoms with Crippen LogP contribution in [-0.2, 0) is 0 Å². The molecule has 4 aromatic rings. The van der Waals surface area contributed by atoms with Gasteiger partial charge >= 0.3 is 7.12 Å². The second-order valence-corrected chi connectivity index (χ2v) is 8.15. The quantitative estimate of drug-likeness (QED) is 0.132. The van der Waals surface area contributed by atoms with Crippen molar-refractivity contribution in [2.24, 2.45) is 0 Å². The van der Waals surface area contributed by atoms with Crippen molar-refractivity contribution < 1.29 is 15.0 Å². The van der Waals surface area contributed by atoms with Crippen LogP contribution >= 0.6 is 11.8 Å². The van der Waals surface area contributed by atoms with Gasteiger partial charge in [-0.05, 0) is 52.1 Å². The van der Waals surface area contributed by atoms with E-state index in [0.29, 0.717) is 5.56 Å². The summed E-state index contributed by atoms with van der Waals surface area (Å²) in [7, 11) is -1.67. The Labute approximate surface area is 188 Å². The van der Waals surface area contributed by atoms with Gasteiger partial charge in [0.25, 0.3) is 0 Å². The Morgan fingerprint density at radius 1 is 1.09 bits per heavy atom. The molecule has 9 heteroatoms. The van der Waals surface area contributed by atoms with Crippen molar-refractivity contribution >= 4 is 35.2 Å². The molecule has 0 fully saturated rings. The van der Waals surface area contributed by atoms with Crippen LogP contribution in [0.2, 0.25) is 0 Å². The van der Waals surface area contributed by atoms with E-state index in [4.69, 9.17) is 5.26 Å². The summed E-state index contributed by atoms with van der Waals surface area (Å²) >= 11 is 1.06. The monoisotopic (exact) mass is 443 g/mol. The standard InChI is InChI=1S/C23H18BN3O4S/c25-14-32-18-10-8-15(9-11-18)23-22(19-6-1-2-7-21(19)26-23)20(13-27(30)31)16-4-3-5-17(12-16)24(28)29/h1-12,20,26,28-29H,13H2. The van der Waals surface area contributed by atoms with Crippen LogP contribution in [0.25, 0.3) is 22.2 Å². The maximum absolute atomic E-state index is 11.7. The second-order valence-electron chi connectivity index (χ2n) is 7.29. The number of benzene rings is 3. The fourth-order valence-electron chi connectivity index (χ4n) is 3.94. The summed E-state index contributed by atoms with van der Waals surface area (Å²) in [5.41, 5.74) is 4.10. The number of hydrogen-bond acceptors (Lipinski definition) is 6. The van der Waals surface area contributed by atoms with E-state index in [0.717, 1.165) is 44.4 Å². The second kappa shape index (κ2) is 9.28. The Bertz CT molecular complexity index is 1320. The molecule has 0 aliphatic heterocycles. The van der Waals surface area contributed by atoms with Gasteiger partial charge in [0.15, 0.2) is 0 Å². The van der Waals surface area contributed by atoms with Crippen LogP contribution in [-0.4, -0.2) is 33.6 Å². The van der Waals surface area contributed by atoms with Gasteiger partial charge in [-0.15, -0.1) is 0 Å². The lowest BCUT2D eigenvalue weighted by Crippen LogP contribution is -2.30. The smallest absolute Gasteiger partial charge is 0.423 e. The number of nitrogens with zero attached hydrogens (tertiary/aromatic N) is 2. The van der Waals surface area contributed by atoms with Crippen molar-refractivity contribution in [3.05, 3.63) is 94.0 Å². The predicted molar refractivity (Wildman–Crippen MR) is 125 cm³/mol. The highest BCUT2D eigenvalue weighted by atomic mass is 32.2. The highest BCUT2D eigenvalue weighted by molar-refractivity contribution is 8.03. The lowest BCUT2D eigenvalue weighted by molar-refractivity contribution is -0.481. The number of nitriles is 1. The normalized spacial score (nSPS) is 11.8. The van der Waals surface area contributed by atoms with Crippen LogP contribution in [0.3, 0.4) is 0 Å². The van der Waals surface area contributed by atoms with Crippen molar-refractivity contribution in [2.45, 2.75) is 10.8 Å². The van der Waals surface area contributed by atoms with Gasteiger partial charge in [0.2, 0.25) is 6.54 Å². The van der Waals surface area contributed by atoms with Crippen molar-refractivity contribution in [2.75, 3.05) is 6.54 Å². The Kier molecular flexibility index (Phi) is 6.28. The Hall–Kier alpha value is -3.58. The highest BCUT2D eigenvalue weighted by Gasteiger charge is 2.28. The van der Waals surface area contributed by atoms with Gasteiger partial charge in [0.1, 0.15) is 5.40 Å². The molecule has 3 N–H and O–H groups in total. The third-order valence-electron chi connectivity index (χ3n) is 5.34. The number of thiocyanates is 1. The number of para-hydroxylation sites is 1. The average molecular weight is 443 g/mol. The van der Waals surface area contributed by atoms with Crippen LogP contribution in [0.4, 0.5) is 0 Å². The first kappa shape index (κ1) is 21.6. The topological polar surface area (TPSA) is 123 Å². The number of aromatic nitrogens is 1. The van der Waals surface area contributed by atoms with E-state index in [1.165, 1.54) is 0 Å². The summed E-state index contributed by atoms with van der Waals surface area (Å²) in [4.78, 5) is 15.5. The molecule has 1 aromatic heterocycles. The van der Waals surface area contributed by atoms with E-state index in [-0.39, 0.29) is 16.9 Å². The molecule has 0 aliphatic carbocycles. The SMILES string of the molecule is N#CSc1ccc(-c2[nH]c3ccccc3c2C(C[N+](=O)[O-])c2cccc(B(O)O)c2)cc1. The van der Waals surface area contributed by atoms with Crippen molar-refractivity contribution in [1.82, 2.24) is 4.98 Å². The lowest BCUT2D eigenvalue weighted by atomic mass is 9.77. The third-order valence-corrected chi connectivity index (χ3v) is 5.94. The molecule has 0 saturated carbocycles. The van der Waals surface area contributed by atoms with Gasteiger partial charge in [-0.1, -0.05) is 54.6 Å². The maximum Gasteiger partial charge on any atom is 0.488 e. The summed E-state index contributed by atoms with van der Waals surface area (Å²) in [5, 5.41) is 42.7. The van der Waals surface area contributed by atoms with Crippen molar-refractivity contribution in [3.8, 4) is 16.7 Å². The number of aromatic amines is 1. The average Bonchev–Trinajstić information content (AvgIpc) is 3.17. The number of thioether (sulfide) groups is 1. The van der Waals surface area contributed by atoms with Gasteiger partial charge in [-0.25, -0.2) is 0 Å². The molecular formula is C23H18BN3O4S. The van der Waals surface area contributed by atoms with Crippen LogP contribution in [0.15, 0.2) is 77.7 Å². The number of H-pyrrole nitrogens is 1. The van der Waals surface area contributed by atoms with Crippen molar-refractivity contribution in [3.63, 3.8) is 0 Å². The Balaban J connectivity index is 1.93. The van der Waals surface area contributed by atoms with E-state index < -0.39 is 13.0 Å². The summed E-state index contributed by atoms with van der Waals surface area (Å²) < 4.78 is 0. The molecule has 0 bridgehead atoms. The van der Waals surface area contributed by atoms with E-state index in [2.05, 4.69) is 4.98 Å². The molecule has 32 heavy (non-hydrogen) atoms. The number of hydrogen-bond donors (Lipinski definition) is 3. The zero-order valence-corrected chi connectivity index (χ0v) is 17.6. The minimum Gasteiger partial charge on any atom is -0.423 e. The van der Waals surface area contributed by atoms with Crippen LogP contribution in [0.1, 0.15) is 17.0 Å². The summed E-state index contributed by atoms with van der Waals surface area (Å²) in [6, 6.07) is 21.6. The molecule has 0 radical (unpaired) electrons. The minimum absolute atomic E-state index is 0.273. The highest BCUT2D eigenvalue weighted by Crippen LogP contribution is 2.39. The van der Waals surface area contributed by atoms with Gasteiger partial charge in [-0.3, -0.25) is 10.1 Å². The molecular weight excluding hydrogens is 425 g/mol. The van der Waals surface area contributed by atoms with Gasteiger partial charge in [0, 0.05) is 20.7 Å². The molecule has 0 saturated heterocycles. The van der Waals surface area contributed by atoms with E-state index in [1.807, 2.05) is 53.9 Å². The fourth-order valence-corrected chi connectivity index (χ4v) is 4.32. The molecule has 1 atom stereocenters. The molecule has 1 unspecified atom stereocenters. The zero-order valence-electron chi connectivity index (χ0n) is 16.8. The zero-order chi connectivity index (χ0) is 22.7. The molecule has 0 aliphatic rings. The first-order valence-corrected chi connectivity index (χ1v) is 10.6. The van der Waals surface area contributed by atoms with Gasteiger partial charge in [0.05, 0.1) is 11.6 Å². The van der Waals surface area contributed by atoms with Gasteiger partial charge in [-0.2, -0.15) is 5.26 Å². The summed E-state index contributed by atoms with van der Waals surface area (Å²) in [5.74, 6) is -0.622. The predicted octanol–water partition coefficient (Wildman–Crippen LogP) is 3.50. The Morgan fingerprint density at radius 2 is 1.84 bits per heavy atom. The van der Waals surface area contributed by atoms with Crippen LogP contribution in [0.5, 0.6) is 0 Å². The minimum atomic E-state index is -1.67. The van der Waals surface area contributed by atoms with E-state index >= 15 is 0 Å². The van der Waals surface area contributed by atoms with E-state index in [1.54, 1.807) is 24.3 Å². The number of rotatable bonds is 7. The molecule has 1 heterocycles. The third kappa shape index (κ3) is 4.38. The first-order chi connectivity index (χ1) is 15.5. The van der Waals surface area contributed by atoms with Gasteiger partial charge < -0.3 is 15.0 Å². The molecule has 4 rings (SSSR count). The number of fused-ring (bicyclic) bond motifs is 1. The number of nitro groups is 1. The van der Waals surface area contributed by atoms with Crippen LogP contribution < -0.4 is 5.46 Å². The molecule has 7 nitrogen and oxygen atoms in total. The lowest BCUT2D eigenvalue weighted by Gasteiger charge is -2.17. The number of nitrogens with one attached hydrogen (secondary N) is 1.